The van der Waals surface area contributed by atoms with Crippen LogP contribution in [0.25, 0.3) is 11.0 Å². The molecule has 0 aliphatic rings. The van der Waals surface area contributed by atoms with E-state index >= 15 is 0 Å². The Labute approximate surface area is 112 Å². The van der Waals surface area contributed by atoms with Gasteiger partial charge in [-0.15, -0.1) is 0 Å². The monoisotopic (exact) mass is 255 g/mol. The third-order valence-electron chi connectivity index (χ3n) is 2.73. The number of carbonyl (C=O) groups excluding carboxylic acids is 1. The van der Waals surface area contributed by atoms with Crippen molar-refractivity contribution < 1.29 is 4.79 Å². The first-order chi connectivity index (χ1) is 9.29. The van der Waals surface area contributed by atoms with Crippen molar-refractivity contribution in [3.63, 3.8) is 0 Å². The van der Waals surface area contributed by atoms with E-state index in [1.807, 2.05) is 24.3 Å². The third-order valence-corrected chi connectivity index (χ3v) is 2.73. The van der Waals surface area contributed by atoms with Crippen LogP contribution in [0.1, 0.15) is 32.6 Å². The van der Waals surface area contributed by atoms with Gasteiger partial charge in [-0.1, -0.05) is 37.8 Å². The van der Waals surface area contributed by atoms with Crippen LogP contribution in [0.2, 0.25) is 0 Å². The Morgan fingerprint density at radius 2 is 2.21 bits per heavy atom. The molecule has 0 aliphatic carbocycles. The number of anilines is 1. The molecule has 1 aromatic carbocycles. The maximum atomic E-state index is 11.6. The van der Waals surface area contributed by atoms with Crippen LogP contribution in [-0.4, -0.2) is 15.9 Å². The number of hydrogen-bond donors (Lipinski definition) is 2. The van der Waals surface area contributed by atoms with Gasteiger partial charge in [0.2, 0.25) is 5.95 Å². The van der Waals surface area contributed by atoms with E-state index in [1.54, 1.807) is 0 Å². The highest BCUT2D eigenvalue weighted by Gasteiger charge is 2.03. The third kappa shape index (κ3) is 3.85. The van der Waals surface area contributed by atoms with Gasteiger partial charge < -0.3 is 4.98 Å². The van der Waals surface area contributed by atoms with Crippen molar-refractivity contribution in [3.8, 4) is 11.8 Å². The molecule has 0 saturated heterocycles. The van der Waals surface area contributed by atoms with E-state index in [-0.39, 0.29) is 5.91 Å². The minimum atomic E-state index is -0.324. The number of aromatic amines is 1. The fourth-order valence-corrected chi connectivity index (χ4v) is 1.76. The van der Waals surface area contributed by atoms with Crippen LogP contribution >= 0.6 is 0 Å². The zero-order chi connectivity index (χ0) is 13.5. The number of nitrogens with zero attached hydrogens (tertiary/aromatic N) is 1. The molecule has 0 bridgehead atoms. The smallest absolute Gasteiger partial charge is 0.302 e. The van der Waals surface area contributed by atoms with Crippen LogP contribution in [0.15, 0.2) is 24.3 Å². The molecule has 0 unspecified atom stereocenters. The molecule has 1 heterocycles. The first kappa shape index (κ1) is 13.2. The number of carbonyl (C=O) groups is 1. The van der Waals surface area contributed by atoms with E-state index in [0.29, 0.717) is 5.95 Å². The van der Waals surface area contributed by atoms with E-state index in [2.05, 4.69) is 34.0 Å². The second-order valence-electron chi connectivity index (χ2n) is 4.32. The van der Waals surface area contributed by atoms with Crippen molar-refractivity contribution in [1.29, 1.82) is 0 Å². The van der Waals surface area contributed by atoms with E-state index in [0.717, 1.165) is 36.7 Å². The lowest BCUT2D eigenvalue weighted by molar-refractivity contribution is -0.111. The van der Waals surface area contributed by atoms with Gasteiger partial charge in [0.05, 0.1) is 11.0 Å². The number of fused-ring (bicyclic) bond motifs is 1. The van der Waals surface area contributed by atoms with Crippen LogP contribution in [-0.2, 0) is 4.79 Å². The molecule has 98 valence electrons. The Morgan fingerprint density at radius 3 is 3.00 bits per heavy atom. The van der Waals surface area contributed by atoms with Crippen LogP contribution in [0, 0.1) is 11.8 Å². The van der Waals surface area contributed by atoms with Gasteiger partial charge in [0.15, 0.2) is 0 Å². The molecular formula is C15H17N3O. The molecular weight excluding hydrogens is 238 g/mol. The van der Waals surface area contributed by atoms with Gasteiger partial charge in [-0.25, -0.2) is 4.98 Å². The molecule has 4 nitrogen and oxygen atoms in total. The molecule has 0 saturated carbocycles. The molecule has 2 N–H and O–H groups in total. The second-order valence-corrected chi connectivity index (χ2v) is 4.32. The first-order valence-electron chi connectivity index (χ1n) is 6.54. The van der Waals surface area contributed by atoms with E-state index in [1.165, 1.54) is 0 Å². The molecule has 2 rings (SSSR count). The molecule has 19 heavy (non-hydrogen) atoms. The summed E-state index contributed by atoms with van der Waals surface area (Å²) in [5.74, 6) is 5.56. The summed E-state index contributed by atoms with van der Waals surface area (Å²) in [6.45, 7) is 2.14. The topological polar surface area (TPSA) is 57.8 Å². The number of imidazole rings is 1. The van der Waals surface area contributed by atoms with Gasteiger partial charge in [-0.05, 0) is 24.5 Å². The highest BCUT2D eigenvalue weighted by molar-refractivity contribution is 6.03. The van der Waals surface area contributed by atoms with Crippen molar-refractivity contribution in [1.82, 2.24) is 9.97 Å². The van der Waals surface area contributed by atoms with Crippen LogP contribution in [0.5, 0.6) is 0 Å². The van der Waals surface area contributed by atoms with Crippen molar-refractivity contribution >= 4 is 22.9 Å². The standard InChI is InChI=1S/C15H17N3O/c1-2-3-4-5-6-11-14(19)18-15-16-12-9-7-8-10-13(12)17-15/h7-10H,2-5H2,1H3,(H2,16,17,18,19). The number of unbranched alkanes of at least 4 members (excludes halogenated alkanes) is 3. The molecule has 0 aliphatic heterocycles. The highest BCUT2D eigenvalue weighted by Crippen LogP contribution is 2.12. The zero-order valence-corrected chi connectivity index (χ0v) is 11.0. The number of para-hydroxylation sites is 2. The number of rotatable bonds is 4. The number of amides is 1. The number of H-pyrrole nitrogens is 1. The number of aromatic nitrogens is 2. The van der Waals surface area contributed by atoms with Gasteiger partial charge in [0, 0.05) is 6.42 Å². The van der Waals surface area contributed by atoms with Crippen molar-refractivity contribution in [2.75, 3.05) is 5.32 Å². The summed E-state index contributed by atoms with van der Waals surface area (Å²) >= 11 is 0. The lowest BCUT2D eigenvalue weighted by atomic mass is 10.2. The quantitative estimate of drug-likeness (QED) is 0.651. The molecule has 0 atom stereocenters. The Morgan fingerprint density at radius 1 is 1.37 bits per heavy atom. The van der Waals surface area contributed by atoms with E-state index in [9.17, 15) is 4.79 Å². The molecule has 1 amide bonds. The van der Waals surface area contributed by atoms with Gasteiger partial charge in [-0.3, -0.25) is 10.1 Å². The summed E-state index contributed by atoms with van der Waals surface area (Å²) in [4.78, 5) is 18.9. The van der Waals surface area contributed by atoms with Gasteiger partial charge in [-0.2, -0.15) is 0 Å². The average molecular weight is 255 g/mol. The van der Waals surface area contributed by atoms with Gasteiger partial charge in [0.25, 0.3) is 0 Å². The Bertz CT molecular complexity index is 586. The molecule has 2 aromatic rings. The van der Waals surface area contributed by atoms with Gasteiger partial charge in [0.1, 0.15) is 0 Å². The molecule has 4 heteroatoms. The first-order valence-corrected chi connectivity index (χ1v) is 6.54. The number of nitrogens with one attached hydrogen (secondary N) is 2. The molecule has 0 spiro atoms. The van der Waals surface area contributed by atoms with Crippen LogP contribution in [0.3, 0.4) is 0 Å². The summed E-state index contributed by atoms with van der Waals surface area (Å²) in [5, 5.41) is 2.64. The fourth-order valence-electron chi connectivity index (χ4n) is 1.76. The minimum Gasteiger partial charge on any atom is -0.324 e. The second kappa shape index (κ2) is 6.60. The predicted octanol–water partition coefficient (Wildman–Crippen LogP) is 3.09. The molecule has 0 radical (unpaired) electrons. The maximum absolute atomic E-state index is 11.6. The van der Waals surface area contributed by atoms with Crippen LogP contribution in [0.4, 0.5) is 5.95 Å². The normalized spacial score (nSPS) is 9.95. The van der Waals surface area contributed by atoms with Crippen LogP contribution < -0.4 is 5.32 Å². The largest absolute Gasteiger partial charge is 0.324 e. The summed E-state index contributed by atoms with van der Waals surface area (Å²) in [6.07, 6.45) is 4.12. The van der Waals surface area contributed by atoms with E-state index in [4.69, 9.17) is 0 Å². The SMILES string of the molecule is CCCCCC#CC(=O)Nc1nc2ccccc2[nH]1. The fraction of sp³-hybridized carbons (Fsp3) is 0.333. The highest BCUT2D eigenvalue weighted by atomic mass is 16.1. The maximum Gasteiger partial charge on any atom is 0.302 e. The van der Waals surface area contributed by atoms with Gasteiger partial charge >= 0.3 is 5.91 Å². The summed E-state index contributed by atoms with van der Waals surface area (Å²) in [5.41, 5.74) is 1.72. The van der Waals surface area contributed by atoms with Crippen molar-refractivity contribution in [3.05, 3.63) is 24.3 Å². The summed E-state index contributed by atoms with van der Waals surface area (Å²) in [7, 11) is 0. The lowest BCUT2D eigenvalue weighted by Gasteiger charge is -1.93. The van der Waals surface area contributed by atoms with Crippen molar-refractivity contribution in [2.24, 2.45) is 0 Å². The molecule has 0 fully saturated rings. The summed E-state index contributed by atoms with van der Waals surface area (Å²) in [6, 6.07) is 7.62. The zero-order valence-electron chi connectivity index (χ0n) is 11.0. The Balaban J connectivity index is 1.91. The Kier molecular flexibility index (Phi) is 4.57. The Hall–Kier alpha value is -2.28. The summed E-state index contributed by atoms with van der Waals surface area (Å²) < 4.78 is 0. The van der Waals surface area contributed by atoms with E-state index < -0.39 is 0 Å². The number of benzene rings is 1. The average Bonchev–Trinajstić information content (AvgIpc) is 2.80. The number of hydrogen-bond acceptors (Lipinski definition) is 2. The molecule has 1 aromatic heterocycles. The predicted molar refractivity (Wildman–Crippen MR) is 76.6 cm³/mol. The van der Waals surface area contributed by atoms with Crippen molar-refractivity contribution in [2.45, 2.75) is 32.6 Å². The lowest BCUT2D eigenvalue weighted by Crippen LogP contribution is -2.09. The minimum absolute atomic E-state index is 0.324.